The minimum atomic E-state index is 0.496. The van der Waals surface area contributed by atoms with Gasteiger partial charge in [-0.05, 0) is 18.2 Å². The van der Waals surface area contributed by atoms with Gasteiger partial charge in [0.05, 0.1) is 12.2 Å². The predicted molar refractivity (Wildman–Crippen MR) is 68.5 cm³/mol. The van der Waals surface area contributed by atoms with Gasteiger partial charge in [-0.2, -0.15) is 0 Å². The Balaban J connectivity index is 2.17. The van der Waals surface area contributed by atoms with Crippen LogP contribution in [0.4, 0.5) is 5.82 Å². The Hall–Kier alpha value is -1.94. The van der Waals surface area contributed by atoms with E-state index >= 15 is 0 Å². The molecule has 88 valence electrons. The summed E-state index contributed by atoms with van der Waals surface area (Å²) in [6.45, 7) is 1.22. The van der Waals surface area contributed by atoms with Gasteiger partial charge in [0, 0.05) is 31.5 Å². The molecule has 0 aliphatic rings. The monoisotopic (exact) mass is 228 g/mol. The van der Waals surface area contributed by atoms with Gasteiger partial charge in [0.15, 0.2) is 0 Å². The van der Waals surface area contributed by atoms with Crippen molar-refractivity contribution < 1.29 is 0 Å². The van der Waals surface area contributed by atoms with Crippen molar-refractivity contribution in [3.63, 3.8) is 0 Å². The normalized spacial score (nSPS) is 10.2. The van der Waals surface area contributed by atoms with E-state index in [1.807, 2.05) is 37.4 Å². The number of nitrogens with zero attached hydrogens (tertiary/aromatic N) is 3. The number of anilines is 1. The van der Waals surface area contributed by atoms with E-state index in [9.17, 15) is 0 Å². The molecule has 0 fully saturated rings. The van der Waals surface area contributed by atoms with Crippen molar-refractivity contribution in [1.29, 1.82) is 0 Å². The fraction of sp³-hybridized carbons (Fsp3) is 0.231. The Morgan fingerprint density at radius 3 is 2.65 bits per heavy atom. The molecule has 4 nitrogen and oxygen atoms in total. The zero-order valence-corrected chi connectivity index (χ0v) is 9.87. The van der Waals surface area contributed by atoms with Crippen LogP contribution in [-0.4, -0.2) is 17.0 Å². The van der Waals surface area contributed by atoms with Gasteiger partial charge < -0.3 is 10.6 Å². The highest BCUT2D eigenvalue weighted by Gasteiger charge is 2.08. The van der Waals surface area contributed by atoms with E-state index in [4.69, 9.17) is 5.73 Å². The quantitative estimate of drug-likeness (QED) is 0.863. The van der Waals surface area contributed by atoms with Crippen LogP contribution in [0.1, 0.15) is 11.3 Å². The summed E-state index contributed by atoms with van der Waals surface area (Å²) in [5, 5.41) is 0. The molecule has 0 saturated heterocycles. The van der Waals surface area contributed by atoms with Gasteiger partial charge in [0.2, 0.25) is 0 Å². The Kier molecular flexibility index (Phi) is 3.67. The van der Waals surface area contributed by atoms with Gasteiger partial charge in [-0.15, -0.1) is 0 Å². The molecule has 0 saturated carbocycles. The van der Waals surface area contributed by atoms with Crippen molar-refractivity contribution >= 4 is 5.82 Å². The first-order valence-corrected chi connectivity index (χ1v) is 5.56. The summed E-state index contributed by atoms with van der Waals surface area (Å²) < 4.78 is 0. The molecule has 2 heterocycles. The van der Waals surface area contributed by atoms with Crippen LogP contribution in [0.25, 0.3) is 0 Å². The molecule has 2 aromatic rings. The smallest absolute Gasteiger partial charge is 0.133 e. The lowest BCUT2D eigenvalue weighted by atomic mass is 10.2. The molecular formula is C13H16N4. The Morgan fingerprint density at radius 2 is 1.94 bits per heavy atom. The van der Waals surface area contributed by atoms with Crippen LogP contribution in [0, 0.1) is 0 Å². The maximum atomic E-state index is 5.70. The first-order valence-electron chi connectivity index (χ1n) is 5.56. The van der Waals surface area contributed by atoms with Gasteiger partial charge >= 0.3 is 0 Å². The maximum absolute atomic E-state index is 5.70. The highest BCUT2D eigenvalue weighted by atomic mass is 15.2. The van der Waals surface area contributed by atoms with Crippen molar-refractivity contribution in [2.45, 2.75) is 13.1 Å². The number of rotatable bonds is 4. The van der Waals surface area contributed by atoms with Crippen LogP contribution in [0.2, 0.25) is 0 Å². The van der Waals surface area contributed by atoms with E-state index in [0.29, 0.717) is 6.54 Å². The van der Waals surface area contributed by atoms with Gasteiger partial charge in [-0.25, -0.2) is 4.98 Å². The van der Waals surface area contributed by atoms with Gasteiger partial charge in [-0.1, -0.05) is 12.1 Å². The highest BCUT2D eigenvalue weighted by molar-refractivity contribution is 5.46. The van der Waals surface area contributed by atoms with Crippen LogP contribution in [0.15, 0.2) is 42.7 Å². The van der Waals surface area contributed by atoms with Gasteiger partial charge in [-0.3, -0.25) is 4.98 Å². The summed E-state index contributed by atoms with van der Waals surface area (Å²) >= 11 is 0. The predicted octanol–water partition coefficient (Wildman–Crippen LogP) is 1.57. The van der Waals surface area contributed by atoms with E-state index in [1.165, 1.54) is 0 Å². The largest absolute Gasteiger partial charge is 0.354 e. The van der Waals surface area contributed by atoms with Crippen molar-refractivity contribution in [2.24, 2.45) is 5.73 Å². The number of nitrogens with two attached hydrogens (primary N) is 1. The van der Waals surface area contributed by atoms with E-state index in [-0.39, 0.29) is 0 Å². The molecule has 17 heavy (non-hydrogen) atoms. The zero-order chi connectivity index (χ0) is 12.1. The highest BCUT2D eigenvalue weighted by Crippen LogP contribution is 2.16. The van der Waals surface area contributed by atoms with Crippen LogP contribution >= 0.6 is 0 Å². The lowest BCUT2D eigenvalue weighted by Gasteiger charge is -2.20. The minimum absolute atomic E-state index is 0.496. The minimum Gasteiger partial charge on any atom is -0.354 e. The van der Waals surface area contributed by atoms with Crippen molar-refractivity contribution in [3.05, 3.63) is 54.0 Å². The Bertz CT molecular complexity index is 470. The molecule has 0 atom stereocenters. The number of aromatic nitrogens is 2. The third kappa shape index (κ3) is 2.79. The topological polar surface area (TPSA) is 55.0 Å². The molecule has 2 aromatic heterocycles. The lowest BCUT2D eigenvalue weighted by Crippen LogP contribution is -2.20. The second-order valence-corrected chi connectivity index (χ2v) is 3.87. The molecule has 0 spiro atoms. The van der Waals surface area contributed by atoms with E-state index < -0.39 is 0 Å². The average molecular weight is 228 g/mol. The van der Waals surface area contributed by atoms with Crippen molar-refractivity contribution in [3.8, 4) is 0 Å². The number of hydrogen-bond donors (Lipinski definition) is 1. The van der Waals surface area contributed by atoms with Crippen LogP contribution in [-0.2, 0) is 13.1 Å². The lowest BCUT2D eigenvalue weighted by molar-refractivity contribution is 0.850. The van der Waals surface area contributed by atoms with Crippen LogP contribution < -0.4 is 10.6 Å². The first-order chi connectivity index (χ1) is 8.31. The summed E-state index contributed by atoms with van der Waals surface area (Å²) in [6, 6.07) is 9.80. The van der Waals surface area contributed by atoms with E-state index in [0.717, 1.165) is 23.6 Å². The molecule has 0 radical (unpaired) electrons. The van der Waals surface area contributed by atoms with Crippen molar-refractivity contribution in [1.82, 2.24) is 9.97 Å². The fourth-order valence-electron chi connectivity index (χ4n) is 1.74. The molecule has 0 unspecified atom stereocenters. The van der Waals surface area contributed by atoms with Crippen LogP contribution in [0.3, 0.4) is 0 Å². The third-order valence-corrected chi connectivity index (χ3v) is 2.57. The Morgan fingerprint density at radius 1 is 1.12 bits per heavy atom. The average Bonchev–Trinajstić information content (AvgIpc) is 2.40. The summed E-state index contributed by atoms with van der Waals surface area (Å²) in [4.78, 5) is 10.7. The van der Waals surface area contributed by atoms with Gasteiger partial charge in [0.1, 0.15) is 5.82 Å². The standard InChI is InChI=1S/C13H16N4/c1-17(10-12-6-2-3-7-15-12)13-11(9-14)5-4-8-16-13/h2-8H,9-10,14H2,1H3. The molecular weight excluding hydrogens is 212 g/mol. The second-order valence-electron chi connectivity index (χ2n) is 3.87. The molecule has 0 bridgehead atoms. The van der Waals surface area contributed by atoms with Crippen LogP contribution in [0.5, 0.6) is 0 Å². The first kappa shape index (κ1) is 11.5. The molecule has 4 heteroatoms. The summed E-state index contributed by atoms with van der Waals surface area (Å²) in [7, 11) is 2.00. The number of hydrogen-bond acceptors (Lipinski definition) is 4. The maximum Gasteiger partial charge on any atom is 0.133 e. The molecule has 0 aliphatic heterocycles. The SMILES string of the molecule is CN(Cc1ccccn1)c1ncccc1CN. The van der Waals surface area contributed by atoms with Gasteiger partial charge in [0.25, 0.3) is 0 Å². The number of pyridine rings is 2. The summed E-state index contributed by atoms with van der Waals surface area (Å²) in [6.07, 6.45) is 3.58. The Labute approximate surface area is 101 Å². The molecule has 0 aromatic carbocycles. The molecule has 0 amide bonds. The fourth-order valence-corrected chi connectivity index (χ4v) is 1.74. The zero-order valence-electron chi connectivity index (χ0n) is 9.87. The summed E-state index contributed by atoms with van der Waals surface area (Å²) in [5.74, 6) is 0.917. The second kappa shape index (κ2) is 5.41. The molecule has 0 aliphatic carbocycles. The molecule has 2 rings (SSSR count). The van der Waals surface area contributed by atoms with Crippen molar-refractivity contribution in [2.75, 3.05) is 11.9 Å². The van der Waals surface area contributed by atoms with E-state index in [1.54, 1.807) is 12.4 Å². The third-order valence-electron chi connectivity index (χ3n) is 2.57. The molecule has 2 N–H and O–H groups in total. The van der Waals surface area contributed by atoms with E-state index in [2.05, 4.69) is 14.9 Å². The summed E-state index contributed by atoms with van der Waals surface area (Å²) in [5.41, 5.74) is 7.76.